The lowest BCUT2D eigenvalue weighted by molar-refractivity contribution is -0.00304. The molecule has 0 heterocycles. The third-order valence-electron chi connectivity index (χ3n) is 2.23. The highest BCUT2D eigenvalue weighted by atomic mass is 16.3. The van der Waals surface area contributed by atoms with Gasteiger partial charge in [-0.2, -0.15) is 0 Å². The molecule has 1 nitrogen and oxygen atoms in total. The monoisotopic (exact) mass is 172 g/mol. The predicted octanol–water partition coefficient (Wildman–Crippen LogP) is 3.22. The van der Waals surface area contributed by atoms with E-state index in [-0.39, 0.29) is 0 Å². The fraction of sp³-hybridized carbons (Fsp3) is 1.00. The highest BCUT2D eigenvalue weighted by Crippen LogP contribution is 2.27. The normalized spacial score (nSPS) is 13.0. The summed E-state index contributed by atoms with van der Waals surface area (Å²) in [6, 6.07) is 0. The summed E-state index contributed by atoms with van der Waals surface area (Å²) < 4.78 is 0. The zero-order chi connectivity index (χ0) is 9.78. The Morgan fingerprint density at radius 2 is 1.33 bits per heavy atom. The van der Waals surface area contributed by atoms with Gasteiger partial charge in [0.2, 0.25) is 0 Å². The first-order valence-electron chi connectivity index (χ1n) is 5.12. The maximum absolute atomic E-state index is 10.2. The van der Waals surface area contributed by atoms with Gasteiger partial charge in [-0.3, -0.25) is 0 Å². The van der Waals surface area contributed by atoms with Crippen molar-refractivity contribution in [2.75, 3.05) is 0 Å². The molecule has 0 aliphatic carbocycles. The van der Waals surface area contributed by atoms with Crippen molar-refractivity contribution in [3.05, 3.63) is 0 Å². The van der Waals surface area contributed by atoms with Crippen LogP contribution in [0.25, 0.3) is 0 Å². The summed E-state index contributed by atoms with van der Waals surface area (Å²) in [6.45, 7) is 10.7. The fourth-order valence-electron chi connectivity index (χ4n) is 1.89. The standard InChI is InChI=1S/C11H24O/c1-6-11(12,7-9(2)3)8-10(4)5/h9-10,12H,6-8H2,1-5H3. The van der Waals surface area contributed by atoms with Gasteiger partial charge in [0.25, 0.3) is 0 Å². The summed E-state index contributed by atoms with van der Waals surface area (Å²) in [6.07, 6.45) is 2.74. The Labute approximate surface area is 77.2 Å². The molecule has 0 aliphatic rings. The van der Waals surface area contributed by atoms with Crippen LogP contribution < -0.4 is 0 Å². The van der Waals surface area contributed by atoms with Crippen LogP contribution in [0.15, 0.2) is 0 Å². The molecule has 0 amide bonds. The van der Waals surface area contributed by atoms with Gasteiger partial charge in [0.05, 0.1) is 5.60 Å². The van der Waals surface area contributed by atoms with Crippen LogP contribution in [0.2, 0.25) is 0 Å². The maximum Gasteiger partial charge on any atom is 0.0650 e. The van der Waals surface area contributed by atoms with Gasteiger partial charge in [-0.15, -0.1) is 0 Å². The van der Waals surface area contributed by atoms with E-state index in [0.29, 0.717) is 11.8 Å². The Morgan fingerprint density at radius 1 is 1.00 bits per heavy atom. The number of rotatable bonds is 5. The van der Waals surface area contributed by atoms with Crippen LogP contribution in [-0.4, -0.2) is 10.7 Å². The number of hydrogen-bond donors (Lipinski definition) is 1. The van der Waals surface area contributed by atoms with Crippen molar-refractivity contribution in [2.45, 2.75) is 59.5 Å². The third kappa shape index (κ3) is 4.76. The first-order chi connectivity index (χ1) is 5.39. The molecule has 0 rings (SSSR count). The quantitative estimate of drug-likeness (QED) is 0.675. The molecule has 0 bridgehead atoms. The molecule has 0 aromatic rings. The van der Waals surface area contributed by atoms with Crippen LogP contribution >= 0.6 is 0 Å². The van der Waals surface area contributed by atoms with E-state index in [9.17, 15) is 5.11 Å². The van der Waals surface area contributed by atoms with Gasteiger partial charge in [-0.05, 0) is 31.1 Å². The lowest BCUT2D eigenvalue weighted by Gasteiger charge is -2.30. The van der Waals surface area contributed by atoms with E-state index in [2.05, 4.69) is 34.6 Å². The molecule has 0 saturated carbocycles. The molecule has 0 unspecified atom stereocenters. The second-order valence-electron chi connectivity index (χ2n) is 4.77. The smallest absolute Gasteiger partial charge is 0.0650 e. The molecule has 1 heteroatoms. The Bertz CT molecular complexity index is 106. The lowest BCUT2D eigenvalue weighted by atomic mass is 9.83. The van der Waals surface area contributed by atoms with E-state index in [1.165, 1.54) is 0 Å². The molecule has 0 aliphatic heterocycles. The molecule has 0 atom stereocenters. The molecule has 0 radical (unpaired) electrons. The van der Waals surface area contributed by atoms with Crippen molar-refractivity contribution in [1.82, 2.24) is 0 Å². The van der Waals surface area contributed by atoms with Gasteiger partial charge in [-0.1, -0.05) is 34.6 Å². The van der Waals surface area contributed by atoms with Crippen LogP contribution in [0.3, 0.4) is 0 Å². The van der Waals surface area contributed by atoms with E-state index in [4.69, 9.17) is 0 Å². The van der Waals surface area contributed by atoms with Gasteiger partial charge < -0.3 is 5.11 Å². The molecule has 0 aromatic heterocycles. The third-order valence-corrected chi connectivity index (χ3v) is 2.23. The molecule has 12 heavy (non-hydrogen) atoms. The van der Waals surface area contributed by atoms with E-state index in [0.717, 1.165) is 19.3 Å². The van der Waals surface area contributed by atoms with Gasteiger partial charge in [0, 0.05) is 0 Å². The molecule has 0 spiro atoms. The van der Waals surface area contributed by atoms with Crippen molar-refractivity contribution in [3.8, 4) is 0 Å². The molecule has 74 valence electrons. The predicted molar refractivity (Wildman–Crippen MR) is 54.2 cm³/mol. The van der Waals surface area contributed by atoms with Crippen LogP contribution in [0.1, 0.15) is 53.9 Å². The molecule has 0 fully saturated rings. The minimum Gasteiger partial charge on any atom is -0.390 e. The summed E-state index contributed by atoms with van der Waals surface area (Å²) in [7, 11) is 0. The lowest BCUT2D eigenvalue weighted by Crippen LogP contribution is -2.31. The summed E-state index contributed by atoms with van der Waals surface area (Å²) in [5.41, 5.74) is -0.414. The van der Waals surface area contributed by atoms with E-state index >= 15 is 0 Å². The Hall–Kier alpha value is -0.0400. The van der Waals surface area contributed by atoms with E-state index in [1.54, 1.807) is 0 Å². The van der Waals surface area contributed by atoms with Gasteiger partial charge in [0.1, 0.15) is 0 Å². The highest BCUT2D eigenvalue weighted by molar-refractivity contribution is 4.79. The molecule has 0 saturated heterocycles. The van der Waals surface area contributed by atoms with E-state index in [1.807, 2.05) is 0 Å². The van der Waals surface area contributed by atoms with Crippen molar-refractivity contribution in [3.63, 3.8) is 0 Å². The minimum atomic E-state index is -0.414. The topological polar surface area (TPSA) is 20.2 Å². The SMILES string of the molecule is CCC(O)(CC(C)C)CC(C)C. The maximum atomic E-state index is 10.2. The number of aliphatic hydroxyl groups is 1. The van der Waals surface area contributed by atoms with Crippen LogP contribution in [-0.2, 0) is 0 Å². The molecular formula is C11H24O. The summed E-state index contributed by atoms with van der Waals surface area (Å²) in [5.74, 6) is 1.18. The molecular weight excluding hydrogens is 148 g/mol. The minimum absolute atomic E-state index is 0.414. The highest BCUT2D eigenvalue weighted by Gasteiger charge is 2.26. The average molecular weight is 172 g/mol. The van der Waals surface area contributed by atoms with Crippen molar-refractivity contribution < 1.29 is 5.11 Å². The largest absolute Gasteiger partial charge is 0.390 e. The Balaban J connectivity index is 4.04. The summed E-state index contributed by atoms with van der Waals surface area (Å²) >= 11 is 0. The van der Waals surface area contributed by atoms with E-state index < -0.39 is 5.60 Å². The Kier molecular flexibility index (Phi) is 4.84. The second-order valence-corrected chi connectivity index (χ2v) is 4.77. The fourth-order valence-corrected chi connectivity index (χ4v) is 1.89. The molecule has 1 N–H and O–H groups in total. The first kappa shape index (κ1) is 12.0. The zero-order valence-electron chi connectivity index (χ0n) is 9.22. The average Bonchev–Trinajstić information content (AvgIpc) is 1.83. The van der Waals surface area contributed by atoms with Gasteiger partial charge >= 0.3 is 0 Å². The summed E-state index contributed by atoms with van der Waals surface area (Å²) in [4.78, 5) is 0. The van der Waals surface area contributed by atoms with Gasteiger partial charge in [0.15, 0.2) is 0 Å². The second kappa shape index (κ2) is 4.86. The van der Waals surface area contributed by atoms with Crippen LogP contribution in [0, 0.1) is 11.8 Å². The summed E-state index contributed by atoms with van der Waals surface area (Å²) in [5, 5.41) is 10.2. The first-order valence-corrected chi connectivity index (χ1v) is 5.12. The zero-order valence-corrected chi connectivity index (χ0v) is 9.22. The van der Waals surface area contributed by atoms with Crippen molar-refractivity contribution in [2.24, 2.45) is 11.8 Å². The Morgan fingerprint density at radius 3 is 1.50 bits per heavy atom. The van der Waals surface area contributed by atoms with Crippen molar-refractivity contribution >= 4 is 0 Å². The van der Waals surface area contributed by atoms with Crippen LogP contribution in [0.4, 0.5) is 0 Å². The molecule has 0 aromatic carbocycles. The number of hydrogen-bond acceptors (Lipinski definition) is 1. The van der Waals surface area contributed by atoms with Gasteiger partial charge in [-0.25, -0.2) is 0 Å². The van der Waals surface area contributed by atoms with Crippen molar-refractivity contribution in [1.29, 1.82) is 0 Å². The van der Waals surface area contributed by atoms with Crippen LogP contribution in [0.5, 0.6) is 0 Å².